The fourth-order valence-corrected chi connectivity index (χ4v) is 2.08. The summed E-state index contributed by atoms with van der Waals surface area (Å²) in [4.78, 5) is 14.0. The van der Waals surface area contributed by atoms with Crippen molar-refractivity contribution in [1.29, 1.82) is 0 Å². The number of amides is 1. The summed E-state index contributed by atoms with van der Waals surface area (Å²) in [7, 11) is 1.71. The summed E-state index contributed by atoms with van der Waals surface area (Å²) in [5, 5.41) is 8.95. The number of ether oxygens (including phenoxy) is 1. The summed E-state index contributed by atoms with van der Waals surface area (Å²) in [5.41, 5.74) is 0.315. The smallest absolute Gasteiger partial charge is 0.232 e. The molecule has 1 N–H and O–H groups in total. The Kier molecular flexibility index (Phi) is 6.21. The number of nitrogens with zero attached hydrogens (tertiary/aromatic N) is 1. The number of carbonyl (C=O) groups excluding carboxylic acids is 1. The van der Waals surface area contributed by atoms with Crippen LogP contribution in [0.15, 0.2) is 24.3 Å². The van der Waals surface area contributed by atoms with Crippen LogP contribution in [0, 0.1) is 5.92 Å². The van der Waals surface area contributed by atoms with Gasteiger partial charge in [0, 0.05) is 13.6 Å². The van der Waals surface area contributed by atoms with E-state index in [1.165, 1.54) is 0 Å². The van der Waals surface area contributed by atoms with Crippen LogP contribution in [0.2, 0.25) is 0 Å². The summed E-state index contributed by atoms with van der Waals surface area (Å²) in [6.07, 6.45) is 0. The highest BCUT2D eigenvalue weighted by Gasteiger charge is 2.32. The molecule has 4 nitrogen and oxygen atoms in total. The third-order valence-corrected chi connectivity index (χ3v) is 3.48. The summed E-state index contributed by atoms with van der Waals surface area (Å²) in [6.45, 7) is 9.00. The number of carbonyl (C=O) groups is 1. The Hall–Kier alpha value is -1.55. The minimum Gasteiger partial charge on any atom is -0.493 e. The topological polar surface area (TPSA) is 49.8 Å². The molecule has 1 aromatic carbocycles. The minimum atomic E-state index is -0.625. The maximum atomic E-state index is 12.4. The second-order valence-corrected chi connectivity index (χ2v) is 6.30. The molecule has 0 unspecified atom stereocenters. The van der Waals surface area contributed by atoms with E-state index in [1.54, 1.807) is 11.9 Å². The lowest BCUT2D eigenvalue weighted by molar-refractivity contribution is -0.135. The van der Waals surface area contributed by atoms with Crippen LogP contribution in [-0.2, 0) is 10.2 Å². The fourth-order valence-electron chi connectivity index (χ4n) is 2.08. The molecule has 0 saturated heterocycles. The van der Waals surface area contributed by atoms with Crippen molar-refractivity contribution in [3.8, 4) is 5.75 Å². The Morgan fingerprint density at radius 2 is 1.86 bits per heavy atom. The van der Waals surface area contributed by atoms with Crippen LogP contribution in [0.3, 0.4) is 0 Å². The van der Waals surface area contributed by atoms with E-state index in [0.717, 1.165) is 11.3 Å². The van der Waals surface area contributed by atoms with Crippen molar-refractivity contribution >= 4 is 5.91 Å². The zero-order valence-electron chi connectivity index (χ0n) is 13.7. The number of aliphatic hydroxyl groups is 1. The van der Waals surface area contributed by atoms with Crippen LogP contribution in [0.1, 0.15) is 33.3 Å². The summed E-state index contributed by atoms with van der Waals surface area (Å²) in [6, 6.07) is 7.66. The summed E-state index contributed by atoms with van der Waals surface area (Å²) >= 11 is 0. The van der Waals surface area contributed by atoms with E-state index < -0.39 is 5.41 Å². The number of benzene rings is 1. The largest absolute Gasteiger partial charge is 0.493 e. The lowest BCUT2D eigenvalue weighted by Gasteiger charge is -2.29. The van der Waals surface area contributed by atoms with E-state index in [4.69, 9.17) is 9.84 Å². The average molecular weight is 293 g/mol. The van der Waals surface area contributed by atoms with Crippen LogP contribution < -0.4 is 4.74 Å². The monoisotopic (exact) mass is 293 g/mol. The first-order valence-corrected chi connectivity index (χ1v) is 7.38. The van der Waals surface area contributed by atoms with Gasteiger partial charge in [0.1, 0.15) is 5.75 Å². The standard InChI is InChI=1S/C17H27NO3/c1-13(2)12-21-15-8-6-14(7-9-15)17(3,4)16(20)18(5)10-11-19/h6-9,13,19H,10-12H2,1-5H3. The second kappa shape index (κ2) is 7.46. The van der Waals surface area contributed by atoms with Gasteiger partial charge >= 0.3 is 0 Å². The first-order chi connectivity index (χ1) is 9.78. The van der Waals surface area contributed by atoms with Gasteiger partial charge in [-0.25, -0.2) is 0 Å². The maximum Gasteiger partial charge on any atom is 0.232 e. The summed E-state index contributed by atoms with van der Waals surface area (Å²) in [5.74, 6) is 1.29. The molecule has 0 atom stereocenters. The van der Waals surface area contributed by atoms with Crippen LogP contribution in [0.5, 0.6) is 5.75 Å². The van der Waals surface area contributed by atoms with Gasteiger partial charge in [0.25, 0.3) is 0 Å². The normalized spacial score (nSPS) is 11.6. The molecule has 0 fully saturated rings. The molecule has 0 aliphatic rings. The molecular formula is C17H27NO3. The Morgan fingerprint density at radius 3 is 2.33 bits per heavy atom. The molecule has 4 heteroatoms. The van der Waals surface area contributed by atoms with E-state index in [9.17, 15) is 4.79 Å². The van der Waals surface area contributed by atoms with Crippen LogP contribution in [-0.4, -0.2) is 42.7 Å². The van der Waals surface area contributed by atoms with E-state index >= 15 is 0 Å². The third-order valence-electron chi connectivity index (χ3n) is 3.48. The van der Waals surface area contributed by atoms with Gasteiger partial charge in [0.05, 0.1) is 18.6 Å². The molecule has 0 radical (unpaired) electrons. The van der Waals surface area contributed by atoms with Gasteiger partial charge in [-0.3, -0.25) is 4.79 Å². The van der Waals surface area contributed by atoms with Gasteiger partial charge in [0.15, 0.2) is 0 Å². The Bertz CT molecular complexity index is 452. The van der Waals surface area contributed by atoms with Gasteiger partial charge in [0.2, 0.25) is 5.91 Å². The van der Waals surface area contributed by atoms with Crippen molar-refractivity contribution < 1.29 is 14.6 Å². The van der Waals surface area contributed by atoms with Gasteiger partial charge < -0.3 is 14.7 Å². The van der Waals surface area contributed by atoms with Crippen molar-refractivity contribution in [2.24, 2.45) is 5.92 Å². The fraction of sp³-hybridized carbons (Fsp3) is 0.588. The molecule has 21 heavy (non-hydrogen) atoms. The highest BCUT2D eigenvalue weighted by Crippen LogP contribution is 2.27. The third kappa shape index (κ3) is 4.74. The molecule has 0 saturated carbocycles. The van der Waals surface area contributed by atoms with Gasteiger partial charge in [-0.05, 0) is 37.5 Å². The molecule has 0 aliphatic heterocycles. The van der Waals surface area contributed by atoms with Crippen LogP contribution in [0.25, 0.3) is 0 Å². The molecule has 1 aromatic rings. The number of aliphatic hydroxyl groups excluding tert-OH is 1. The molecule has 0 aromatic heterocycles. The average Bonchev–Trinajstić information content (AvgIpc) is 2.45. The highest BCUT2D eigenvalue weighted by atomic mass is 16.5. The minimum absolute atomic E-state index is 0.00704. The number of hydrogen-bond donors (Lipinski definition) is 1. The molecular weight excluding hydrogens is 266 g/mol. The molecule has 0 bridgehead atoms. The second-order valence-electron chi connectivity index (χ2n) is 6.30. The lowest BCUT2D eigenvalue weighted by atomic mass is 9.83. The van der Waals surface area contributed by atoms with E-state index in [1.807, 2.05) is 38.1 Å². The van der Waals surface area contributed by atoms with Gasteiger partial charge in [-0.1, -0.05) is 26.0 Å². The number of hydrogen-bond acceptors (Lipinski definition) is 3. The van der Waals surface area contributed by atoms with E-state index in [2.05, 4.69) is 13.8 Å². The zero-order valence-corrected chi connectivity index (χ0v) is 13.7. The van der Waals surface area contributed by atoms with Gasteiger partial charge in [-0.15, -0.1) is 0 Å². The molecule has 0 aliphatic carbocycles. The van der Waals surface area contributed by atoms with Crippen molar-refractivity contribution in [2.45, 2.75) is 33.1 Å². The maximum absolute atomic E-state index is 12.4. The van der Waals surface area contributed by atoms with E-state index in [-0.39, 0.29) is 12.5 Å². The first-order valence-electron chi connectivity index (χ1n) is 7.38. The first kappa shape index (κ1) is 17.5. The van der Waals surface area contributed by atoms with Crippen LogP contribution in [0.4, 0.5) is 0 Å². The number of likely N-dealkylation sites (N-methyl/N-ethyl adjacent to an activating group) is 1. The quantitative estimate of drug-likeness (QED) is 0.840. The van der Waals surface area contributed by atoms with Crippen molar-refractivity contribution in [3.05, 3.63) is 29.8 Å². The van der Waals surface area contributed by atoms with Crippen molar-refractivity contribution in [3.63, 3.8) is 0 Å². The lowest BCUT2D eigenvalue weighted by Crippen LogP contribution is -2.42. The predicted octanol–water partition coefficient (Wildman–Crippen LogP) is 2.45. The number of rotatable bonds is 7. The Balaban J connectivity index is 2.81. The van der Waals surface area contributed by atoms with Gasteiger partial charge in [-0.2, -0.15) is 0 Å². The predicted molar refractivity (Wildman–Crippen MR) is 84.5 cm³/mol. The van der Waals surface area contributed by atoms with Crippen LogP contribution >= 0.6 is 0 Å². The zero-order chi connectivity index (χ0) is 16.0. The SMILES string of the molecule is CC(C)COc1ccc(C(C)(C)C(=O)N(C)CCO)cc1. The Labute approximate surface area is 127 Å². The van der Waals surface area contributed by atoms with Crippen molar-refractivity contribution in [2.75, 3.05) is 26.8 Å². The molecule has 1 amide bonds. The molecule has 1 rings (SSSR count). The molecule has 0 heterocycles. The summed E-state index contributed by atoms with van der Waals surface area (Å²) < 4.78 is 5.65. The molecule has 118 valence electrons. The Morgan fingerprint density at radius 1 is 1.29 bits per heavy atom. The van der Waals surface area contributed by atoms with Crippen molar-refractivity contribution in [1.82, 2.24) is 4.90 Å². The van der Waals surface area contributed by atoms with E-state index in [0.29, 0.717) is 19.1 Å². The molecule has 0 spiro atoms. The highest BCUT2D eigenvalue weighted by molar-refractivity contribution is 5.87.